The van der Waals surface area contributed by atoms with Crippen molar-refractivity contribution in [1.82, 2.24) is 30.2 Å². The van der Waals surface area contributed by atoms with Crippen LogP contribution in [0.1, 0.15) is 23.7 Å². The lowest BCUT2D eigenvalue weighted by atomic mass is 10.1. The molecule has 206 valence electrons. The van der Waals surface area contributed by atoms with Gasteiger partial charge in [0.15, 0.2) is 5.96 Å². The number of aromatic nitrogens is 4. The van der Waals surface area contributed by atoms with Crippen LogP contribution in [0.5, 0.6) is 5.75 Å². The van der Waals surface area contributed by atoms with Gasteiger partial charge in [-0.1, -0.05) is 24.3 Å². The molecule has 0 spiro atoms. The number of nitrogens with two attached hydrogens (primary N) is 2. The molecule has 5 aromatic rings. The summed E-state index contributed by atoms with van der Waals surface area (Å²) in [7, 11) is 4.11. The quantitative estimate of drug-likeness (QED) is 0.103. The van der Waals surface area contributed by atoms with E-state index in [1.165, 1.54) is 0 Å². The number of benzene rings is 3. The van der Waals surface area contributed by atoms with Gasteiger partial charge in [-0.2, -0.15) is 0 Å². The van der Waals surface area contributed by atoms with Crippen molar-refractivity contribution in [2.45, 2.75) is 19.5 Å². The topological polar surface area (TPSA) is 163 Å². The number of fused-ring (bicyclic) bond motifs is 2. The number of amides is 1. The van der Waals surface area contributed by atoms with Gasteiger partial charge in [-0.25, -0.2) is 15.0 Å². The van der Waals surface area contributed by atoms with Gasteiger partial charge in [-0.05, 0) is 57.8 Å². The minimum absolute atomic E-state index is 0.0850. The van der Waals surface area contributed by atoms with Crippen molar-refractivity contribution in [3.63, 3.8) is 0 Å². The summed E-state index contributed by atoms with van der Waals surface area (Å²) >= 11 is 0. The molecule has 11 nitrogen and oxygen atoms in total. The number of carbonyl (C=O) groups is 1. The molecule has 1 atom stereocenters. The molecule has 40 heavy (non-hydrogen) atoms. The summed E-state index contributed by atoms with van der Waals surface area (Å²) in [5, 5.41) is 2.74. The minimum Gasteiger partial charge on any atom is -0.493 e. The average Bonchev–Trinajstić information content (AvgIpc) is 3.54. The summed E-state index contributed by atoms with van der Waals surface area (Å²) in [5.41, 5.74) is 16.4. The smallest absolute Gasteiger partial charge is 0.252 e. The lowest BCUT2D eigenvalue weighted by molar-refractivity contribution is 0.0941. The zero-order valence-electron chi connectivity index (χ0n) is 22.7. The first-order valence-electron chi connectivity index (χ1n) is 13.0. The van der Waals surface area contributed by atoms with Gasteiger partial charge < -0.3 is 36.4 Å². The van der Waals surface area contributed by atoms with Crippen molar-refractivity contribution < 1.29 is 9.53 Å². The lowest BCUT2D eigenvalue weighted by Crippen LogP contribution is -2.35. The van der Waals surface area contributed by atoms with Crippen molar-refractivity contribution in [2.24, 2.45) is 16.5 Å². The standard InChI is InChI=1S/C29H33N9O2/c1-17(33-29(30)31)32-28(39)20-9-11-22-24(15-20)36-26(34-22)18-5-7-19(8-6-18)27-35-23-12-10-21(16-25(23)37-27)40-14-4-13-38(2)3/h5-12,15-17H,4,13-14H2,1-3H3,(H,32,39)(H,34,36)(H,35,37)(H4,30,31,33). The summed E-state index contributed by atoms with van der Waals surface area (Å²) in [6.45, 7) is 3.35. The normalized spacial score (nSPS) is 12.1. The molecule has 1 unspecified atom stereocenters. The van der Waals surface area contributed by atoms with Crippen LogP contribution in [0.2, 0.25) is 0 Å². The largest absolute Gasteiger partial charge is 0.493 e. The fraction of sp³-hybridized carbons (Fsp3) is 0.241. The highest BCUT2D eigenvalue weighted by atomic mass is 16.5. The van der Waals surface area contributed by atoms with Gasteiger partial charge in [-0.15, -0.1) is 0 Å². The molecule has 2 aromatic heterocycles. The molecule has 11 heteroatoms. The second-order valence-electron chi connectivity index (χ2n) is 9.87. The van der Waals surface area contributed by atoms with Crippen molar-refractivity contribution in [2.75, 3.05) is 27.2 Å². The van der Waals surface area contributed by atoms with E-state index < -0.39 is 6.17 Å². The lowest BCUT2D eigenvalue weighted by Gasteiger charge is -2.10. The first kappa shape index (κ1) is 26.7. The van der Waals surface area contributed by atoms with Crippen LogP contribution < -0.4 is 21.5 Å². The Morgan fingerprint density at radius 1 is 0.950 bits per heavy atom. The molecule has 1 amide bonds. The Balaban J connectivity index is 1.29. The van der Waals surface area contributed by atoms with Gasteiger partial charge in [0.2, 0.25) is 0 Å². The number of guanidine groups is 1. The van der Waals surface area contributed by atoms with Gasteiger partial charge in [0.1, 0.15) is 23.6 Å². The average molecular weight is 540 g/mol. The van der Waals surface area contributed by atoms with Gasteiger partial charge in [-0.3, -0.25) is 4.79 Å². The number of rotatable bonds is 10. The molecule has 0 saturated heterocycles. The Bertz CT molecular complexity index is 1660. The van der Waals surface area contributed by atoms with E-state index in [9.17, 15) is 4.79 Å². The maximum Gasteiger partial charge on any atom is 0.252 e. The summed E-state index contributed by atoms with van der Waals surface area (Å²) in [4.78, 5) is 34.8. The Morgan fingerprint density at radius 3 is 2.15 bits per heavy atom. The molecule has 0 saturated carbocycles. The van der Waals surface area contributed by atoms with Gasteiger partial charge in [0, 0.05) is 29.3 Å². The number of aliphatic imine (C=N–C) groups is 1. The van der Waals surface area contributed by atoms with Crippen LogP contribution >= 0.6 is 0 Å². The second kappa shape index (κ2) is 11.5. The predicted molar refractivity (Wildman–Crippen MR) is 158 cm³/mol. The number of aromatic amines is 2. The Kier molecular flexibility index (Phi) is 7.65. The summed E-state index contributed by atoms with van der Waals surface area (Å²) < 4.78 is 5.90. The molecular weight excluding hydrogens is 506 g/mol. The summed E-state index contributed by atoms with van der Waals surface area (Å²) in [6, 6.07) is 19.2. The third-order valence-electron chi connectivity index (χ3n) is 6.33. The minimum atomic E-state index is -0.538. The highest BCUT2D eigenvalue weighted by Gasteiger charge is 2.13. The number of nitrogens with one attached hydrogen (secondary N) is 3. The van der Waals surface area contributed by atoms with E-state index in [2.05, 4.69) is 44.3 Å². The van der Waals surface area contributed by atoms with Crippen LogP contribution in [-0.4, -0.2) is 70.1 Å². The Hall–Kier alpha value is -4.90. The van der Waals surface area contributed by atoms with E-state index in [1.54, 1.807) is 25.1 Å². The number of carbonyl (C=O) groups excluding carboxylic acids is 1. The summed E-state index contributed by atoms with van der Waals surface area (Å²) in [6.07, 6.45) is 0.428. The van der Waals surface area contributed by atoms with Crippen molar-refractivity contribution >= 4 is 33.9 Å². The van der Waals surface area contributed by atoms with E-state index in [0.29, 0.717) is 18.0 Å². The highest BCUT2D eigenvalue weighted by Crippen LogP contribution is 2.27. The van der Waals surface area contributed by atoms with E-state index in [-0.39, 0.29) is 11.9 Å². The molecule has 2 heterocycles. The van der Waals surface area contributed by atoms with E-state index in [0.717, 1.165) is 57.7 Å². The first-order valence-corrected chi connectivity index (χ1v) is 13.0. The maximum absolute atomic E-state index is 12.6. The molecule has 0 aliphatic carbocycles. The number of hydrogen-bond donors (Lipinski definition) is 5. The monoisotopic (exact) mass is 539 g/mol. The van der Waals surface area contributed by atoms with Crippen molar-refractivity contribution in [1.29, 1.82) is 0 Å². The van der Waals surface area contributed by atoms with E-state index in [1.807, 2.05) is 42.5 Å². The molecule has 5 rings (SSSR count). The molecule has 0 fully saturated rings. The van der Waals surface area contributed by atoms with Gasteiger partial charge in [0.25, 0.3) is 5.91 Å². The zero-order chi connectivity index (χ0) is 28.2. The molecule has 0 aliphatic rings. The van der Waals surface area contributed by atoms with Crippen LogP contribution in [0.15, 0.2) is 65.7 Å². The molecular formula is C29H33N9O2. The maximum atomic E-state index is 12.6. The number of hydrogen-bond acceptors (Lipinski definition) is 6. The second-order valence-corrected chi connectivity index (χ2v) is 9.87. The summed E-state index contributed by atoms with van der Waals surface area (Å²) in [5.74, 6) is 1.94. The van der Waals surface area contributed by atoms with Crippen LogP contribution in [0.25, 0.3) is 44.8 Å². The highest BCUT2D eigenvalue weighted by molar-refractivity contribution is 5.98. The van der Waals surface area contributed by atoms with Crippen LogP contribution in [0.4, 0.5) is 0 Å². The fourth-order valence-electron chi connectivity index (χ4n) is 4.39. The first-order chi connectivity index (χ1) is 19.2. The SMILES string of the molecule is CC(N=C(N)N)NC(=O)c1ccc2nc(-c3ccc(-c4nc5ccc(OCCCN(C)C)cc5[nH]4)cc3)[nH]c2c1. The van der Waals surface area contributed by atoms with Gasteiger partial charge in [0.05, 0.1) is 28.7 Å². The van der Waals surface area contributed by atoms with Crippen LogP contribution in [0, 0.1) is 0 Å². The molecule has 0 bridgehead atoms. The number of nitrogens with zero attached hydrogens (tertiary/aromatic N) is 4. The Morgan fingerprint density at radius 2 is 1.55 bits per heavy atom. The van der Waals surface area contributed by atoms with Gasteiger partial charge >= 0.3 is 0 Å². The molecule has 3 aromatic carbocycles. The number of imidazole rings is 2. The van der Waals surface area contributed by atoms with E-state index in [4.69, 9.17) is 21.2 Å². The zero-order valence-corrected chi connectivity index (χ0v) is 22.7. The molecule has 0 radical (unpaired) electrons. The third-order valence-corrected chi connectivity index (χ3v) is 6.33. The predicted octanol–water partition coefficient (Wildman–Crippen LogP) is 3.45. The Labute approximate surface area is 231 Å². The fourth-order valence-corrected chi connectivity index (χ4v) is 4.39. The van der Waals surface area contributed by atoms with E-state index >= 15 is 0 Å². The third kappa shape index (κ3) is 6.21. The van der Waals surface area contributed by atoms with Crippen molar-refractivity contribution in [3.8, 4) is 28.5 Å². The number of ether oxygens (including phenoxy) is 1. The molecule has 0 aliphatic heterocycles. The van der Waals surface area contributed by atoms with Crippen molar-refractivity contribution in [3.05, 3.63) is 66.2 Å². The molecule has 7 N–H and O–H groups in total. The number of H-pyrrole nitrogens is 2. The van der Waals surface area contributed by atoms with Crippen LogP contribution in [-0.2, 0) is 0 Å². The van der Waals surface area contributed by atoms with Crippen LogP contribution in [0.3, 0.4) is 0 Å².